The lowest BCUT2D eigenvalue weighted by Crippen LogP contribution is -2.24. The first-order valence-electron chi connectivity index (χ1n) is 6.71. The van der Waals surface area contributed by atoms with Crippen molar-refractivity contribution in [1.29, 1.82) is 0 Å². The van der Waals surface area contributed by atoms with E-state index in [4.69, 9.17) is 5.73 Å². The number of H-pyrrole nitrogens is 1. The number of aromatic amines is 1. The van der Waals surface area contributed by atoms with Crippen molar-refractivity contribution in [2.24, 2.45) is 5.73 Å². The Labute approximate surface area is 135 Å². The molecule has 0 saturated heterocycles. The van der Waals surface area contributed by atoms with Crippen LogP contribution in [-0.2, 0) is 0 Å². The molecule has 0 radical (unpaired) electrons. The number of primary amides is 1. The van der Waals surface area contributed by atoms with Crippen LogP contribution in [0.1, 0.15) is 16.1 Å². The number of hydrogen-bond acceptors (Lipinski definition) is 6. The van der Waals surface area contributed by atoms with Crippen molar-refractivity contribution in [2.45, 2.75) is 6.92 Å². The largest absolute Gasteiger partial charge is 0.365 e. The number of thiazole rings is 1. The molecule has 23 heavy (non-hydrogen) atoms. The minimum atomic E-state index is -0.766. The molecule has 0 bridgehead atoms. The molecule has 3 heterocycles. The zero-order valence-corrected chi connectivity index (χ0v) is 13.0. The number of carbonyl (C=O) groups is 1. The molecule has 3 aromatic heterocycles. The summed E-state index contributed by atoms with van der Waals surface area (Å²) in [4.78, 5) is 34.1. The summed E-state index contributed by atoms with van der Waals surface area (Å²) in [7, 11) is 0. The number of anilines is 2. The quantitative estimate of drug-likeness (QED) is 0.678. The molecule has 0 atom stereocenters. The van der Waals surface area contributed by atoms with Crippen molar-refractivity contribution in [3.05, 3.63) is 57.6 Å². The number of aryl methyl sites for hydroxylation is 1. The summed E-state index contributed by atoms with van der Waals surface area (Å²) in [6, 6.07) is 5.14. The second-order valence-corrected chi connectivity index (χ2v) is 5.67. The predicted octanol–water partition coefficient (Wildman–Crippen LogP) is 2.04. The van der Waals surface area contributed by atoms with Gasteiger partial charge in [0.15, 0.2) is 5.13 Å². The van der Waals surface area contributed by atoms with E-state index in [1.807, 2.05) is 17.5 Å². The first-order chi connectivity index (χ1) is 11.0. The fourth-order valence-electron chi connectivity index (χ4n) is 2.09. The number of hydrogen-bond donors (Lipinski definition) is 3. The molecular weight excluding hydrogens is 314 g/mol. The minimum absolute atomic E-state index is 0.0813. The van der Waals surface area contributed by atoms with Gasteiger partial charge in [0.25, 0.3) is 11.5 Å². The van der Waals surface area contributed by atoms with E-state index >= 15 is 0 Å². The normalized spacial score (nSPS) is 10.5. The molecule has 8 heteroatoms. The van der Waals surface area contributed by atoms with Gasteiger partial charge in [-0.25, -0.2) is 4.98 Å². The number of nitrogens with zero attached hydrogens (tertiary/aromatic N) is 2. The summed E-state index contributed by atoms with van der Waals surface area (Å²) in [5, 5.41) is 5.70. The molecule has 0 aliphatic carbocycles. The van der Waals surface area contributed by atoms with Gasteiger partial charge in [0, 0.05) is 34.7 Å². The van der Waals surface area contributed by atoms with Gasteiger partial charge in [-0.1, -0.05) is 0 Å². The minimum Gasteiger partial charge on any atom is -0.365 e. The second kappa shape index (κ2) is 6.01. The summed E-state index contributed by atoms with van der Waals surface area (Å²) >= 11 is 1.42. The van der Waals surface area contributed by atoms with Gasteiger partial charge in [-0.2, -0.15) is 0 Å². The van der Waals surface area contributed by atoms with Crippen LogP contribution in [0.15, 0.2) is 40.8 Å². The number of nitrogens with one attached hydrogen (secondary N) is 2. The maximum absolute atomic E-state index is 11.7. The predicted molar refractivity (Wildman–Crippen MR) is 88.9 cm³/mol. The Balaban J connectivity index is 1.96. The summed E-state index contributed by atoms with van der Waals surface area (Å²) < 4.78 is 0. The van der Waals surface area contributed by atoms with Gasteiger partial charge in [0.1, 0.15) is 5.56 Å². The fourth-order valence-corrected chi connectivity index (χ4v) is 2.82. The van der Waals surface area contributed by atoms with Crippen molar-refractivity contribution in [2.75, 3.05) is 5.32 Å². The summed E-state index contributed by atoms with van der Waals surface area (Å²) in [5.41, 5.74) is 7.46. The van der Waals surface area contributed by atoms with E-state index in [-0.39, 0.29) is 5.56 Å². The van der Waals surface area contributed by atoms with E-state index in [2.05, 4.69) is 20.3 Å². The van der Waals surface area contributed by atoms with Crippen LogP contribution in [0.4, 0.5) is 10.8 Å². The molecule has 0 aliphatic heterocycles. The van der Waals surface area contributed by atoms with Gasteiger partial charge in [-0.3, -0.25) is 14.6 Å². The molecule has 116 valence electrons. The van der Waals surface area contributed by atoms with Gasteiger partial charge in [0.05, 0.1) is 5.69 Å². The molecule has 0 spiro atoms. The van der Waals surface area contributed by atoms with Crippen LogP contribution < -0.4 is 16.6 Å². The lowest BCUT2D eigenvalue weighted by atomic mass is 10.1. The van der Waals surface area contributed by atoms with Crippen LogP contribution in [-0.4, -0.2) is 20.9 Å². The van der Waals surface area contributed by atoms with Crippen LogP contribution in [0.25, 0.3) is 11.3 Å². The number of carbonyl (C=O) groups excluding carboxylic acids is 1. The third kappa shape index (κ3) is 3.11. The Hall–Kier alpha value is -3.00. The van der Waals surface area contributed by atoms with Crippen molar-refractivity contribution < 1.29 is 4.79 Å². The molecule has 0 aromatic carbocycles. The van der Waals surface area contributed by atoms with E-state index in [1.54, 1.807) is 19.3 Å². The van der Waals surface area contributed by atoms with Crippen LogP contribution >= 0.6 is 11.3 Å². The highest BCUT2D eigenvalue weighted by molar-refractivity contribution is 7.14. The van der Waals surface area contributed by atoms with Crippen LogP contribution in [0, 0.1) is 6.92 Å². The summed E-state index contributed by atoms with van der Waals surface area (Å²) in [6.45, 7) is 1.75. The van der Waals surface area contributed by atoms with Gasteiger partial charge >= 0.3 is 0 Å². The van der Waals surface area contributed by atoms with Gasteiger partial charge < -0.3 is 16.0 Å². The molecule has 0 aliphatic rings. The van der Waals surface area contributed by atoms with Crippen molar-refractivity contribution in [3.8, 4) is 11.3 Å². The van der Waals surface area contributed by atoms with E-state index in [0.29, 0.717) is 22.1 Å². The van der Waals surface area contributed by atoms with E-state index in [9.17, 15) is 9.59 Å². The SMILES string of the molecule is Cc1[nH]c(=O)c(C(N)=O)cc1-c1csc(Nc2ccncc2)n1. The molecule has 0 unspecified atom stereocenters. The van der Waals surface area contributed by atoms with Crippen LogP contribution in [0.2, 0.25) is 0 Å². The van der Waals surface area contributed by atoms with Crippen molar-refractivity contribution in [3.63, 3.8) is 0 Å². The van der Waals surface area contributed by atoms with Crippen molar-refractivity contribution >= 4 is 28.1 Å². The first kappa shape index (κ1) is 14.9. The first-order valence-corrected chi connectivity index (χ1v) is 7.59. The maximum atomic E-state index is 11.7. The fraction of sp³-hybridized carbons (Fsp3) is 0.0667. The van der Waals surface area contributed by atoms with Gasteiger partial charge in [-0.15, -0.1) is 11.3 Å². The number of amides is 1. The third-order valence-corrected chi connectivity index (χ3v) is 3.97. The Morgan fingerprint density at radius 3 is 2.78 bits per heavy atom. The number of pyridine rings is 2. The molecule has 4 N–H and O–H groups in total. The summed E-state index contributed by atoms with van der Waals surface area (Å²) in [5.74, 6) is -0.766. The number of aromatic nitrogens is 3. The Morgan fingerprint density at radius 1 is 1.35 bits per heavy atom. The summed E-state index contributed by atoms with van der Waals surface area (Å²) in [6.07, 6.45) is 3.37. The average Bonchev–Trinajstić information content (AvgIpc) is 2.96. The second-order valence-electron chi connectivity index (χ2n) is 4.81. The molecular formula is C15H13N5O2S. The van der Waals surface area contributed by atoms with E-state index in [1.165, 1.54) is 17.4 Å². The van der Waals surface area contributed by atoms with Crippen LogP contribution in [0.3, 0.4) is 0 Å². The Kier molecular flexibility index (Phi) is 3.90. The van der Waals surface area contributed by atoms with Crippen molar-refractivity contribution in [1.82, 2.24) is 15.0 Å². The van der Waals surface area contributed by atoms with Crippen LogP contribution in [0.5, 0.6) is 0 Å². The van der Waals surface area contributed by atoms with E-state index < -0.39 is 11.5 Å². The molecule has 0 fully saturated rings. The van der Waals surface area contributed by atoms with Gasteiger partial charge in [-0.05, 0) is 25.1 Å². The highest BCUT2D eigenvalue weighted by atomic mass is 32.1. The smallest absolute Gasteiger partial charge is 0.261 e. The lowest BCUT2D eigenvalue weighted by Gasteiger charge is -2.04. The maximum Gasteiger partial charge on any atom is 0.261 e. The number of nitrogens with two attached hydrogens (primary N) is 1. The molecule has 7 nitrogen and oxygen atoms in total. The van der Waals surface area contributed by atoms with E-state index in [0.717, 1.165) is 5.69 Å². The Bertz CT molecular complexity index is 917. The zero-order valence-electron chi connectivity index (χ0n) is 12.2. The standard InChI is InChI=1S/C15H13N5O2S/c1-8-10(6-11(13(16)21)14(22)18-8)12-7-23-15(20-12)19-9-2-4-17-5-3-9/h2-7H,1H3,(H2,16,21)(H,18,22)(H,17,19,20). The Morgan fingerprint density at radius 2 is 2.09 bits per heavy atom. The number of rotatable bonds is 4. The monoisotopic (exact) mass is 327 g/mol. The molecule has 3 aromatic rings. The molecule has 1 amide bonds. The zero-order chi connectivity index (χ0) is 16.4. The topological polar surface area (TPSA) is 114 Å². The lowest BCUT2D eigenvalue weighted by molar-refractivity contribution is 0.0999. The third-order valence-electron chi connectivity index (χ3n) is 3.22. The molecule has 0 saturated carbocycles. The van der Waals surface area contributed by atoms with Gasteiger partial charge in [0.2, 0.25) is 0 Å². The highest BCUT2D eigenvalue weighted by Crippen LogP contribution is 2.28. The molecule has 3 rings (SSSR count). The average molecular weight is 327 g/mol. The highest BCUT2D eigenvalue weighted by Gasteiger charge is 2.14.